The maximum Gasteiger partial charge on any atom is 0.315 e. The van der Waals surface area contributed by atoms with Crippen molar-refractivity contribution in [1.82, 2.24) is 15.6 Å². The number of phenols is 1. The number of rotatable bonds is 5. The summed E-state index contributed by atoms with van der Waals surface area (Å²) in [6, 6.07) is 18.4. The highest BCUT2D eigenvalue weighted by atomic mass is 16.3. The Morgan fingerprint density at radius 3 is 2.58 bits per heavy atom. The van der Waals surface area contributed by atoms with Gasteiger partial charge in [0.25, 0.3) is 0 Å². The molecule has 1 atom stereocenters. The van der Waals surface area contributed by atoms with Gasteiger partial charge in [-0.05, 0) is 47.4 Å². The van der Waals surface area contributed by atoms with E-state index in [9.17, 15) is 9.90 Å². The standard InChI is InChI=1S/C21H21N3O2/c1-15(24-21(26)23-13-16-4-2-6-20(25)12-16)17-7-9-18(10-8-17)19-5-3-11-22-14-19/h2-12,14-15,25H,13H2,1H3,(H2,23,24,26)/t15-/m0/s1. The number of phenolic OH excluding ortho intramolecular Hbond substituents is 1. The lowest BCUT2D eigenvalue weighted by Crippen LogP contribution is -2.36. The lowest BCUT2D eigenvalue weighted by Gasteiger charge is -2.16. The SMILES string of the molecule is C[C@H](NC(=O)NCc1cccc(O)c1)c1ccc(-c2cccnc2)cc1. The molecule has 132 valence electrons. The number of urea groups is 1. The Labute approximate surface area is 152 Å². The molecule has 0 saturated carbocycles. The predicted molar refractivity (Wildman–Crippen MR) is 102 cm³/mol. The topological polar surface area (TPSA) is 74.2 Å². The van der Waals surface area contributed by atoms with Crippen LogP contribution in [0.4, 0.5) is 4.79 Å². The number of carbonyl (C=O) groups excluding carboxylic acids is 1. The van der Waals surface area contributed by atoms with Crippen LogP contribution in [0.5, 0.6) is 5.75 Å². The van der Waals surface area contributed by atoms with Crippen molar-refractivity contribution in [2.75, 3.05) is 0 Å². The second-order valence-corrected chi connectivity index (χ2v) is 6.08. The van der Waals surface area contributed by atoms with Crippen LogP contribution in [0.2, 0.25) is 0 Å². The van der Waals surface area contributed by atoms with Gasteiger partial charge in [-0.3, -0.25) is 4.98 Å². The quantitative estimate of drug-likeness (QED) is 0.653. The Kier molecular flexibility index (Phi) is 5.49. The molecule has 0 unspecified atom stereocenters. The smallest absolute Gasteiger partial charge is 0.315 e. The van der Waals surface area contributed by atoms with E-state index in [4.69, 9.17) is 0 Å². The number of hydrogen-bond acceptors (Lipinski definition) is 3. The lowest BCUT2D eigenvalue weighted by molar-refractivity contribution is 0.237. The van der Waals surface area contributed by atoms with Gasteiger partial charge in [-0.15, -0.1) is 0 Å². The van der Waals surface area contributed by atoms with Crippen molar-refractivity contribution in [1.29, 1.82) is 0 Å². The zero-order valence-electron chi connectivity index (χ0n) is 14.5. The molecule has 0 radical (unpaired) electrons. The number of hydrogen-bond donors (Lipinski definition) is 3. The Bertz CT molecular complexity index is 864. The first-order valence-corrected chi connectivity index (χ1v) is 8.44. The molecule has 0 bridgehead atoms. The van der Waals surface area contributed by atoms with E-state index >= 15 is 0 Å². The van der Waals surface area contributed by atoms with Gasteiger partial charge in [0.2, 0.25) is 0 Å². The van der Waals surface area contributed by atoms with Crippen molar-refractivity contribution < 1.29 is 9.90 Å². The minimum Gasteiger partial charge on any atom is -0.508 e. The molecule has 1 heterocycles. The van der Waals surface area contributed by atoms with Crippen LogP contribution in [-0.4, -0.2) is 16.1 Å². The van der Waals surface area contributed by atoms with Gasteiger partial charge in [0.15, 0.2) is 0 Å². The molecule has 0 fully saturated rings. The third-order valence-corrected chi connectivity index (χ3v) is 4.12. The second-order valence-electron chi connectivity index (χ2n) is 6.08. The number of aromatic hydroxyl groups is 1. The van der Waals surface area contributed by atoms with Crippen LogP contribution < -0.4 is 10.6 Å². The molecule has 0 aliphatic rings. The van der Waals surface area contributed by atoms with E-state index in [1.807, 2.05) is 55.6 Å². The van der Waals surface area contributed by atoms with Crippen LogP contribution in [0.25, 0.3) is 11.1 Å². The molecular formula is C21H21N3O2. The number of pyridine rings is 1. The van der Waals surface area contributed by atoms with Crippen LogP contribution >= 0.6 is 0 Å². The molecule has 2 amide bonds. The summed E-state index contributed by atoms with van der Waals surface area (Å²) >= 11 is 0. The van der Waals surface area contributed by atoms with Crippen molar-refractivity contribution in [3.63, 3.8) is 0 Å². The highest BCUT2D eigenvalue weighted by Gasteiger charge is 2.09. The van der Waals surface area contributed by atoms with E-state index in [0.29, 0.717) is 6.54 Å². The molecular weight excluding hydrogens is 326 g/mol. The molecule has 26 heavy (non-hydrogen) atoms. The first kappa shape index (κ1) is 17.5. The highest BCUT2D eigenvalue weighted by molar-refractivity contribution is 5.74. The number of benzene rings is 2. The van der Waals surface area contributed by atoms with Crippen LogP contribution in [0, 0.1) is 0 Å². The van der Waals surface area contributed by atoms with Crippen molar-refractivity contribution >= 4 is 6.03 Å². The maximum absolute atomic E-state index is 12.1. The fourth-order valence-electron chi connectivity index (χ4n) is 2.68. The zero-order valence-corrected chi connectivity index (χ0v) is 14.5. The zero-order chi connectivity index (χ0) is 18.4. The van der Waals surface area contributed by atoms with Crippen LogP contribution in [0.1, 0.15) is 24.1 Å². The van der Waals surface area contributed by atoms with Crippen molar-refractivity contribution in [3.8, 4) is 16.9 Å². The summed E-state index contributed by atoms with van der Waals surface area (Å²) in [7, 11) is 0. The molecule has 5 nitrogen and oxygen atoms in total. The Morgan fingerprint density at radius 1 is 1.08 bits per heavy atom. The molecule has 0 saturated heterocycles. The Balaban J connectivity index is 1.55. The minimum absolute atomic E-state index is 0.123. The summed E-state index contributed by atoms with van der Waals surface area (Å²) in [6.45, 7) is 2.29. The first-order chi connectivity index (χ1) is 12.6. The third-order valence-electron chi connectivity index (χ3n) is 4.12. The van der Waals surface area contributed by atoms with Gasteiger partial charge in [-0.25, -0.2) is 4.79 Å². The summed E-state index contributed by atoms with van der Waals surface area (Å²) < 4.78 is 0. The summed E-state index contributed by atoms with van der Waals surface area (Å²) in [4.78, 5) is 16.2. The normalized spacial score (nSPS) is 11.6. The number of carbonyl (C=O) groups is 1. The number of nitrogens with zero attached hydrogens (tertiary/aromatic N) is 1. The van der Waals surface area contributed by atoms with Crippen LogP contribution in [0.15, 0.2) is 73.1 Å². The van der Waals surface area contributed by atoms with Gasteiger partial charge in [0, 0.05) is 18.9 Å². The van der Waals surface area contributed by atoms with Crippen molar-refractivity contribution in [2.45, 2.75) is 19.5 Å². The Hall–Kier alpha value is -3.34. The van der Waals surface area contributed by atoms with E-state index in [2.05, 4.69) is 15.6 Å². The fraction of sp³-hybridized carbons (Fsp3) is 0.143. The Morgan fingerprint density at radius 2 is 1.88 bits per heavy atom. The summed E-state index contributed by atoms with van der Waals surface area (Å²) in [5.41, 5.74) is 4.00. The first-order valence-electron chi connectivity index (χ1n) is 8.44. The van der Waals surface area contributed by atoms with Gasteiger partial charge < -0.3 is 15.7 Å². The number of aromatic nitrogens is 1. The molecule has 2 aromatic carbocycles. The average Bonchev–Trinajstić information content (AvgIpc) is 2.67. The molecule has 0 spiro atoms. The predicted octanol–water partition coefficient (Wildman–Crippen LogP) is 4.01. The number of nitrogens with one attached hydrogen (secondary N) is 2. The van der Waals surface area contributed by atoms with Crippen molar-refractivity contribution in [2.24, 2.45) is 0 Å². The summed E-state index contributed by atoms with van der Waals surface area (Å²) in [5, 5.41) is 15.2. The van der Waals surface area contributed by atoms with E-state index in [0.717, 1.165) is 22.3 Å². The largest absolute Gasteiger partial charge is 0.508 e. The van der Waals surface area contributed by atoms with E-state index in [-0.39, 0.29) is 17.8 Å². The maximum atomic E-state index is 12.1. The minimum atomic E-state index is -0.253. The molecule has 3 rings (SSSR count). The van der Waals surface area contributed by atoms with E-state index < -0.39 is 0 Å². The average molecular weight is 347 g/mol. The highest BCUT2D eigenvalue weighted by Crippen LogP contribution is 2.21. The van der Waals surface area contributed by atoms with Gasteiger partial charge in [0.05, 0.1) is 6.04 Å². The second kappa shape index (κ2) is 8.16. The molecule has 0 aliphatic heterocycles. The van der Waals surface area contributed by atoms with Crippen molar-refractivity contribution in [3.05, 3.63) is 84.2 Å². The van der Waals surface area contributed by atoms with Gasteiger partial charge in [-0.2, -0.15) is 0 Å². The number of amides is 2. The molecule has 1 aromatic heterocycles. The van der Waals surface area contributed by atoms with Gasteiger partial charge in [-0.1, -0.05) is 42.5 Å². The van der Waals surface area contributed by atoms with Crippen LogP contribution in [-0.2, 0) is 6.54 Å². The molecule has 3 aromatic rings. The van der Waals surface area contributed by atoms with Crippen LogP contribution in [0.3, 0.4) is 0 Å². The summed E-state index contributed by atoms with van der Waals surface area (Å²) in [5.74, 6) is 0.187. The monoisotopic (exact) mass is 347 g/mol. The van der Waals surface area contributed by atoms with Gasteiger partial charge >= 0.3 is 6.03 Å². The third kappa shape index (κ3) is 4.60. The summed E-state index contributed by atoms with van der Waals surface area (Å²) in [6.07, 6.45) is 3.57. The lowest BCUT2D eigenvalue weighted by atomic mass is 10.0. The van der Waals surface area contributed by atoms with E-state index in [1.165, 1.54) is 0 Å². The molecule has 3 N–H and O–H groups in total. The van der Waals surface area contributed by atoms with Gasteiger partial charge in [0.1, 0.15) is 5.75 Å². The molecule has 0 aliphatic carbocycles. The fourth-order valence-corrected chi connectivity index (χ4v) is 2.68. The van der Waals surface area contributed by atoms with E-state index in [1.54, 1.807) is 24.4 Å². The molecule has 5 heteroatoms.